The van der Waals surface area contributed by atoms with Gasteiger partial charge < -0.3 is 4.90 Å². The highest BCUT2D eigenvalue weighted by Crippen LogP contribution is 2.34. The molecule has 2 nitrogen and oxygen atoms in total. The fourth-order valence-electron chi connectivity index (χ4n) is 2.75. The van der Waals surface area contributed by atoms with Gasteiger partial charge in [0.2, 0.25) is 0 Å². The number of hydrogen-bond acceptors (Lipinski definition) is 2. The summed E-state index contributed by atoms with van der Waals surface area (Å²) in [5, 5.41) is 2.00. The molecule has 1 atom stereocenters. The lowest BCUT2D eigenvalue weighted by Crippen LogP contribution is -2.30. The number of likely N-dealkylation sites (tertiary alicyclic amines) is 1. The van der Waals surface area contributed by atoms with E-state index >= 15 is 0 Å². The third-order valence-electron chi connectivity index (χ3n) is 3.75. The van der Waals surface area contributed by atoms with Crippen molar-refractivity contribution in [1.82, 2.24) is 4.90 Å². The summed E-state index contributed by atoms with van der Waals surface area (Å²) in [7, 11) is 0. The summed E-state index contributed by atoms with van der Waals surface area (Å²) >= 11 is 1.55. The number of thiophene rings is 1. The van der Waals surface area contributed by atoms with E-state index in [9.17, 15) is 4.79 Å². The summed E-state index contributed by atoms with van der Waals surface area (Å²) in [5.41, 5.74) is 2.34. The van der Waals surface area contributed by atoms with Crippen LogP contribution in [0, 0.1) is 6.92 Å². The minimum Gasteiger partial charge on any atom is -0.331 e. The van der Waals surface area contributed by atoms with Crippen molar-refractivity contribution in [3.8, 4) is 0 Å². The first-order valence-electron chi connectivity index (χ1n) is 6.67. The lowest BCUT2D eigenvalue weighted by Gasteiger charge is -2.25. The molecule has 1 aliphatic rings. The maximum Gasteiger partial charge on any atom is 0.264 e. The van der Waals surface area contributed by atoms with E-state index in [2.05, 4.69) is 12.1 Å². The normalized spacial score (nSPS) is 18.8. The van der Waals surface area contributed by atoms with Gasteiger partial charge in [0.15, 0.2) is 0 Å². The predicted octanol–water partition coefficient (Wildman–Crippen LogP) is 4.03. The molecule has 0 aliphatic carbocycles. The first-order valence-corrected chi connectivity index (χ1v) is 7.55. The van der Waals surface area contributed by atoms with Crippen LogP contribution in [0.1, 0.15) is 39.7 Å². The smallest absolute Gasteiger partial charge is 0.264 e. The van der Waals surface area contributed by atoms with E-state index in [1.54, 1.807) is 11.3 Å². The number of carbonyl (C=O) groups is 1. The van der Waals surface area contributed by atoms with Crippen molar-refractivity contribution in [2.75, 3.05) is 6.54 Å². The number of hydrogen-bond donors (Lipinski definition) is 0. The lowest BCUT2D eigenvalue weighted by atomic mass is 10.0. The molecule has 2 heterocycles. The second kappa shape index (κ2) is 5.17. The van der Waals surface area contributed by atoms with Gasteiger partial charge in [0.1, 0.15) is 0 Å². The third-order valence-corrected chi connectivity index (χ3v) is 4.76. The van der Waals surface area contributed by atoms with Crippen LogP contribution >= 0.6 is 11.3 Å². The van der Waals surface area contributed by atoms with Crippen LogP contribution in [0.3, 0.4) is 0 Å². The molecule has 3 heteroatoms. The minimum absolute atomic E-state index is 0.193. The predicted molar refractivity (Wildman–Crippen MR) is 78.5 cm³/mol. The van der Waals surface area contributed by atoms with E-state index in [-0.39, 0.29) is 11.9 Å². The van der Waals surface area contributed by atoms with Gasteiger partial charge >= 0.3 is 0 Å². The number of nitrogens with zero attached hydrogens (tertiary/aromatic N) is 1. The Bertz CT molecular complexity index is 575. The Morgan fingerprint density at radius 2 is 2.05 bits per heavy atom. The van der Waals surface area contributed by atoms with E-state index in [4.69, 9.17) is 0 Å². The zero-order chi connectivity index (χ0) is 13.2. The first kappa shape index (κ1) is 12.4. The van der Waals surface area contributed by atoms with Gasteiger partial charge in [-0.1, -0.05) is 30.3 Å². The van der Waals surface area contributed by atoms with Crippen molar-refractivity contribution in [3.05, 3.63) is 57.8 Å². The zero-order valence-electron chi connectivity index (χ0n) is 11.0. The highest BCUT2D eigenvalue weighted by Gasteiger charge is 2.31. The quantitative estimate of drug-likeness (QED) is 0.807. The summed E-state index contributed by atoms with van der Waals surface area (Å²) in [6.45, 7) is 2.88. The van der Waals surface area contributed by atoms with Crippen LogP contribution in [0.15, 0.2) is 41.8 Å². The Hall–Kier alpha value is -1.61. The molecule has 1 unspecified atom stereocenters. The molecule has 1 aromatic heterocycles. The van der Waals surface area contributed by atoms with Gasteiger partial charge in [0, 0.05) is 6.54 Å². The SMILES string of the molecule is Cc1ccsc1C(=O)N1CCCC1c1ccccc1. The second-order valence-corrected chi connectivity index (χ2v) is 5.92. The van der Waals surface area contributed by atoms with Crippen LogP contribution in [0.25, 0.3) is 0 Å². The van der Waals surface area contributed by atoms with Crippen LogP contribution in [-0.2, 0) is 0 Å². The van der Waals surface area contributed by atoms with Gasteiger partial charge in [-0.05, 0) is 42.3 Å². The fraction of sp³-hybridized carbons (Fsp3) is 0.312. The van der Waals surface area contributed by atoms with Crippen LogP contribution in [0.4, 0.5) is 0 Å². The van der Waals surface area contributed by atoms with Gasteiger partial charge in [-0.25, -0.2) is 0 Å². The number of benzene rings is 1. The van der Waals surface area contributed by atoms with E-state index in [0.29, 0.717) is 0 Å². The number of carbonyl (C=O) groups excluding carboxylic acids is 1. The van der Waals surface area contributed by atoms with E-state index in [0.717, 1.165) is 29.8 Å². The Morgan fingerprint density at radius 1 is 1.26 bits per heavy atom. The maximum absolute atomic E-state index is 12.6. The van der Waals surface area contributed by atoms with E-state index < -0.39 is 0 Å². The minimum atomic E-state index is 0.193. The standard InChI is InChI=1S/C16H17NOS/c1-12-9-11-19-15(12)16(18)17-10-5-8-14(17)13-6-3-2-4-7-13/h2-4,6-7,9,11,14H,5,8,10H2,1H3. The number of rotatable bonds is 2. The summed E-state index contributed by atoms with van der Waals surface area (Å²) in [6, 6.07) is 12.6. The van der Waals surface area contributed by atoms with Crippen molar-refractivity contribution in [2.45, 2.75) is 25.8 Å². The average molecular weight is 271 g/mol. The molecule has 0 spiro atoms. The van der Waals surface area contributed by atoms with E-state index in [1.807, 2.05) is 41.5 Å². The molecule has 0 saturated carbocycles. The van der Waals surface area contributed by atoms with Crippen molar-refractivity contribution < 1.29 is 4.79 Å². The largest absolute Gasteiger partial charge is 0.331 e. The Balaban J connectivity index is 1.88. The fourth-order valence-corrected chi connectivity index (χ4v) is 3.63. The van der Waals surface area contributed by atoms with Crippen molar-refractivity contribution in [1.29, 1.82) is 0 Å². The molecular weight excluding hydrogens is 254 g/mol. The first-order chi connectivity index (χ1) is 9.27. The molecule has 1 saturated heterocycles. The Labute approximate surface area is 117 Å². The highest BCUT2D eigenvalue weighted by molar-refractivity contribution is 7.12. The summed E-state index contributed by atoms with van der Waals surface area (Å²) < 4.78 is 0. The molecule has 1 aromatic carbocycles. The molecule has 1 fully saturated rings. The van der Waals surface area contributed by atoms with Gasteiger partial charge in [-0.15, -0.1) is 11.3 Å². The molecular formula is C16H17NOS. The maximum atomic E-state index is 12.6. The monoisotopic (exact) mass is 271 g/mol. The van der Waals surface area contributed by atoms with Crippen molar-refractivity contribution in [2.24, 2.45) is 0 Å². The third kappa shape index (κ3) is 2.30. The van der Waals surface area contributed by atoms with Crippen LogP contribution in [0.2, 0.25) is 0 Å². The molecule has 3 rings (SSSR count). The van der Waals surface area contributed by atoms with Crippen molar-refractivity contribution in [3.63, 3.8) is 0 Å². The van der Waals surface area contributed by atoms with Crippen molar-refractivity contribution >= 4 is 17.2 Å². The Kier molecular flexibility index (Phi) is 3.38. The number of amides is 1. The summed E-state index contributed by atoms with van der Waals surface area (Å²) in [5.74, 6) is 0.193. The molecule has 0 N–H and O–H groups in total. The molecule has 98 valence electrons. The Morgan fingerprint density at radius 3 is 2.74 bits per heavy atom. The summed E-state index contributed by atoms with van der Waals surface area (Å²) in [4.78, 5) is 15.6. The van der Waals surface area contributed by atoms with Crippen LogP contribution < -0.4 is 0 Å². The lowest BCUT2D eigenvalue weighted by molar-refractivity contribution is 0.0740. The van der Waals surface area contributed by atoms with Crippen LogP contribution in [0.5, 0.6) is 0 Å². The van der Waals surface area contributed by atoms with Gasteiger partial charge in [-0.2, -0.15) is 0 Å². The highest BCUT2D eigenvalue weighted by atomic mass is 32.1. The topological polar surface area (TPSA) is 20.3 Å². The molecule has 0 radical (unpaired) electrons. The molecule has 0 bridgehead atoms. The number of aryl methyl sites for hydroxylation is 1. The van der Waals surface area contributed by atoms with Gasteiger partial charge in [-0.3, -0.25) is 4.79 Å². The molecule has 1 amide bonds. The molecule has 19 heavy (non-hydrogen) atoms. The average Bonchev–Trinajstić information content (AvgIpc) is 3.07. The van der Waals surface area contributed by atoms with Gasteiger partial charge in [0.25, 0.3) is 5.91 Å². The summed E-state index contributed by atoms with van der Waals surface area (Å²) in [6.07, 6.45) is 2.16. The van der Waals surface area contributed by atoms with Crippen LogP contribution in [-0.4, -0.2) is 17.4 Å². The zero-order valence-corrected chi connectivity index (χ0v) is 11.8. The molecule has 1 aliphatic heterocycles. The second-order valence-electron chi connectivity index (χ2n) is 5.00. The van der Waals surface area contributed by atoms with Gasteiger partial charge in [0.05, 0.1) is 10.9 Å². The van der Waals surface area contributed by atoms with E-state index in [1.165, 1.54) is 5.56 Å². The molecule has 2 aromatic rings.